The van der Waals surface area contributed by atoms with Gasteiger partial charge in [0.2, 0.25) is 0 Å². The van der Waals surface area contributed by atoms with Gasteiger partial charge in [-0.3, -0.25) is 0 Å². The molecule has 414 valence electrons. The van der Waals surface area contributed by atoms with Crippen LogP contribution in [0.25, 0.3) is 0 Å². The summed E-state index contributed by atoms with van der Waals surface area (Å²) in [7, 11) is 0. The summed E-state index contributed by atoms with van der Waals surface area (Å²) in [4.78, 5) is 0. The average molecular weight is 1000 g/mol. The van der Waals surface area contributed by atoms with E-state index < -0.39 is 0 Å². The summed E-state index contributed by atoms with van der Waals surface area (Å²) in [5, 5.41) is 0. The Kier molecular flexibility index (Phi) is 20.2. The summed E-state index contributed by atoms with van der Waals surface area (Å²) in [6, 6.07) is 0. The van der Waals surface area contributed by atoms with E-state index in [1.54, 1.807) is 128 Å². The fourth-order valence-electron chi connectivity index (χ4n) is 23.4. The normalized spacial score (nSPS) is 41.4. The Morgan fingerprint density at radius 2 is 0.603 bits per heavy atom. The van der Waals surface area contributed by atoms with Crippen LogP contribution in [-0.2, 0) is 0 Å². The lowest BCUT2D eigenvalue weighted by Gasteiger charge is -2.62. The first kappa shape index (κ1) is 54.4. The molecule has 0 saturated heterocycles. The van der Waals surface area contributed by atoms with Gasteiger partial charge in [0.05, 0.1) is 0 Å². The molecule has 0 aromatic carbocycles. The van der Waals surface area contributed by atoms with Crippen molar-refractivity contribution in [3.63, 3.8) is 0 Å². The number of hydrogen-bond acceptors (Lipinski definition) is 0. The highest BCUT2D eigenvalue weighted by atomic mass is 14.6. The SMILES string of the molecule is CCCCCCC1CC(C=C(C2CCCCC2)C2CCCCC2)CC2CCC(C3C4CCCCC4C(C4CCC5CC(C=C(C6CCCCC6)C6CCCCC6)CC(CCCCC)C5C4)C4CCCCC43)CC12. The van der Waals surface area contributed by atoms with E-state index in [0.717, 1.165) is 118 Å². The van der Waals surface area contributed by atoms with Crippen molar-refractivity contribution in [2.45, 2.75) is 316 Å². The minimum Gasteiger partial charge on any atom is -0.0816 e. The minimum absolute atomic E-state index is 0.905. The summed E-state index contributed by atoms with van der Waals surface area (Å²) in [6.45, 7) is 4.91. The molecule has 0 aromatic rings. The molecule has 73 heavy (non-hydrogen) atoms. The van der Waals surface area contributed by atoms with Crippen LogP contribution in [0.4, 0.5) is 0 Å². The van der Waals surface area contributed by atoms with E-state index in [1.807, 2.05) is 11.1 Å². The Hall–Kier alpha value is -0.520. The first-order valence-corrected chi connectivity index (χ1v) is 35.6. The molecule has 0 heteroatoms. The van der Waals surface area contributed by atoms with E-state index in [2.05, 4.69) is 26.0 Å². The van der Waals surface area contributed by atoms with Crippen LogP contribution < -0.4 is 0 Å². The molecule has 0 heterocycles. The summed E-state index contributed by atoms with van der Waals surface area (Å²) in [5.74, 6) is 20.5. The molecule has 0 spiro atoms. The first-order valence-electron chi connectivity index (χ1n) is 35.6. The quantitative estimate of drug-likeness (QED) is 0.101. The van der Waals surface area contributed by atoms with Crippen molar-refractivity contribution in [3.05, 3.63) is 23.3 Å². The van der Waals surface area contributed by atoms with Crippen molar-refractivity contribution in [3.8, 4) is 0 Å². The molecule has 11 rings (SSSR count). The molecule has 0 amide bonds. The lowest BCUT2D eigenvalue weighted by atomic mass is 9.43. The average Bonchev–Trinajstić information content (AvgIpc) is 3.45. The Morgan fingerprint density at radius 1 is 0.288 bits per heavy atom. The first-order chi connectivity index (χ1) is 36.1. The molecule has 0 radical (unpaired) electrons. The van der Waals surface area contributed by atoms with Gasteiger partial charge in [-0.15, -0.1) is 0 Å². The number of hydrogen-bond donors (Lipinski definition) is 0. The molecule has 0 nitrogen and oxygen atoms in total. The maximum Gasteiger partial charge on any atom is -0.0200 e. The Bertz CT molecular complexity index is 1610. The van der Waals surface area contributed by atoms with Crippen LogP contribution in [0.3, 0.4) is 0 Å². The van der Waals surface area contributed by atoms with Gasteiger partial charge >= 0.3 is 0 Å². The second-order valence-electron chi connectivity index (χ2n) is 30.4. The van der Waals surface area contributed by atoms with Gasteiger partial charge in [-0.05, 0) is 260 Å². The van der Waals surface area contributed by atoms with E-state index in [4.69, 9.17) is 0 Å². The van der Waals surface area contributed by atoms with Gasteiger partial charge in [0.1, 0.15) is 0 Å². The zero-order chi connectivity index (χ0) is 49.3. The molecule has 0 N–H and O–H groups in total. The molecule has 14 atom stereocenters. The Balaban J connectivity index is 0.810. The van der Waals surface area contributed by atoms with Crippen molar-refractivity contribution in [1.82, 2.24) is 0 Å². The van der Waals surface area contributed by atoms with Crippen molar-refractivity contribution >= 4 is 0 Å². The lowest BCUT2D eigenvalue weighted by Crippen LogP contribution is -2.55. The highest BCUT2D eigenvalue weighted by Gasteiger charge is 2.57. The Labute approximate surface area is 455 Å². The van der Waals surface area contributed by atoms with Crippen LogP contribution in [0.2, 0.25) is 0 Å². The summed E-state index contributed by atoms with van der Waals surface area (Å²) < 4.78 is 0. The van der Waals surface area contributed by atoms with Crippen molar-refractivity contribution in [2.75, 3.05) is 0 Å². The molecule has 0 aliphatic heterocycles. The largest absolute Gasteiger partial charge is 0.0816 e. The van der Waals surface area contributed by atoms with Crippen molar-refractivity contribution in [2.24, 2.45) is 118 Å². The highest BCUT2D eigenvalue weighted by Crippen LogP contribution is 2.65. The van der Waals surface area contributed by atoms with Gasteiger partial charge in [-0.25, -0.2) is 0 Å². The fraction of sp³-hybridized carbons (Fsp3) is 0.945. The van der Waals surface area contributed by atoms with Crippen LogP contribution in [0.1, 0.15) is 316 Å². The molecule has 0 aromatic heterocycles. The van der Waals surface area contributed by atoms with Gasteiger partial charge in [-0.1, -0.05) is 198 Å². The summed E-state index contributed by atoms with van der Waals surface area (Å²) in [6.07, 6.45) is 79.0. The monoisotopic (exact) mass is 999 g/mol. The van der Waals surface area contributed by atoms with Crippen LogP contribution in [0.5, 0.6) is 0 Å². The van der Waals surface area contributed by atoms with E-state index in [-0.39, 0.29) is 0 Å². The number of unbranched alkanes of at least 4 members (excludes halogenated alkanes) is 5. The maximum atomic E-state index is 3.10. The van der Waals surface area contributed by atoms with E-state index >= 15 is 0 Å². The molecule has 0 bridgehead atoms. The van der Waals surface area contributed by atoms with Crippen LogP contribution in [0, 0.1) is 118 Å². The third-order valence-corrected chi connectivity index (χ3v) is 26.4. The van der Waals surface area contributed by atoms with E-state index in [9.17, 15) is 0 Å². The predicted molar refractivity (Wildman–Crippen MR) is 314 cm³/mol. The second kappa shape index (κ2) is 27.1. The molecule has 11 aliphatic rings. The third kappa shape index (κ3) is 13.1. The zero-order valence-electron chi connectivity index (χ0n) is 48.9. The maximum absolute atomic E-state index is 3.10. The third-order valence-electron chi connectivity index (χ3n) is 26.4. The molecule has 11 saturated carbocycles. The molecule has 11 fully saturated rings. The van der Waals surface area contributed by atoms with Crippen molar-refractivity contribution < 1.29 is 0 Å². The molecule has 14 unspecified atom stereocenters. The van der Waals surface area contributed by atoms with Crippen LogP contribution >= 0.6 is 0 Å². The highest BCUT2D eigenvalue weighted by molar-refractivity contribution is 5.18. The number of rotatable bonds is 17. The fourth-order valence-corrected chi connectivity index (χ4v) is 23.4. The van der Waals surface area contributed by atoms with Crippen LogP contribution in [0.15, 0.2) is 23.3 Å². The standard InChI is InChI=1S/C73H122/c1-3-5-7-13-35-59-45-53(49-69(56-30-18-10-19-31-56)57-32-20-11-21-33-57)47-61-41-43-63(51-71(59)61)73-66-38-24-22-36-64(66)72(65-37-23-25-39-67(65)73)62-42-40-60-46-52(44-58(70(60)50-62)34-12-6-4-2)48-68(54-26-14-8-15-27-54)55-28-16-9-17-29-55/h48-49,52-67,70-73H,3-47,50-51H2,1-2H3. The second-order valence-corrected chi connectivity index (χ2v) is 30.4. The summed E-state index contributed by atoms with van der Waals surface area (Å²) >= 11 is 0. The number of allylic oxidation sites excluding steroid dienone is 4. The van der Waals surface area contributed by atoms with Gasteiger partial charge in [0, 0.05) is 0 Å². The lowest BCUT2D eigenvalue weighted by molar-refractivity contribution is -0.128. The Morgan fingerprint density at radius 3 is 0.959 bits per heavy atom. The topological polar surface area (TPSA) is 0 Å². The minimum atomic E-state index is 0.905. The molecular weight excluding hydrogens is 877 g/mol. The van der Waals surface area contributed by atoms with Gasteiger partial charge in [-0.2, -0.15) is 0 Å². The van der Waals surface area contributed by atoms with E-state index in [1.165, 1.54) is 173 Å². The molecular formula is C73H122. The van der Waals surface area contributed by atoms with Gasteiger partial charge in [0.15, 0.2) is 0 Å². The van der Waals surface area contributed by atoms with Gasteiger partial charge < -0.3 is 0 Å². The van der Waals surface area contributed by atoms with Crippen molar-refractivity contribution in [1.29, 1.82) is 0 Å². The zero-order valence-corrected chi connectivity index (χ0v) is 48.9. The van der Waals surface area contributed by atoms with E-state index in [0.29, 0.717) is 0 Å². The van der Waals surface area contributed by atoms with Crippen LogP contribution in [-0.4, -0.2) is 0 Å². The summed E-state index contributed by atoms with van der Waals surface area (Å²) in [5.41, 5.74) is 4.09. The molecule has 11 aliphatic carbocycles. The number of fused-ring (bicyclic) bond motifs is 4. The smallest absolute Gasteiger partial charge is 0.0200 e. The predicted octanol–water partition coefficient (Wildman–Crippen LogP) is 22.7. The van der Waals surface area contributed by atoms with Gasteiger partial charge in [0.25, 0.3) is 0 Å².